The summed E-state index contributed by atoms with van der Waals surface area (Å²) in [5.41, 5.74) is 1.05. The van der Waals surface area contributed by atoms with Gasteiger partial charge < -0.3 is 4.55 Å². The Balaban J connectivity index is 2.21. The molecule has 0 fully saturated rings. The lowest BCUT2D eigenvalue weighted by molar-refractivity contribution is 0.561. The molecule has 0 N–H and O–H groups in total. The third-order valence-corrected chi connectivity index (χ3v) is 4.03. The maximum absolute atomic E-state index is 12.9. The molecule has 2 aromatic heterocycles. The Kier molecular flexibility index (Phi) is 4.38. The van der Waals surface area contributed by atoms with Crippen LogP contribution >= 0.6 is 0 Å². The summed E-state index contributed by atoms with van der Waals surface area (Å²) in [6, 6.07) is 0. The van der Waals surface area contributed by atoms with Crippen molar-refractivity contribution in [2.24, 2.45) is 4.40 Å². The number of rotatable bonds is 3. The zero-order valence-corrected chi connectivity index (χ0v) is 13.1. The fraction of sp³-hybridized carbons (Fsp3) is 0.385. The van der Waals surface area contributed by atoms with Gasteiger partial charge in [0.15, 0.2) is 11.6 Å². The molecule has 0 bridgehead atoms. The van der Waals surface area contributed by atoms with Gasteiger partial charge in [-0.05, 0) is 27.7 Å². The molecule has 0 saturated heterocycles. The van der Waals surface area contributed by atoms with Crippen LogP contribution in [-0.2, 0) is 11.4 Å². The first kappa shape index (κ1) is 15.6. The van der Waals surface area contributed by atoms with E-state index in [9.17, 15) is 8.94 Å². The van der Waals surface area contributed by atoms with Gasteiger partial charge in [0.2, 0.25) is 0 Å². The molecule has 0 aliphatic rings. The molecular weight excluding hydrogens is 293 g/mol. The molecule has 21 heavy (non-hydrogen) atoms. The average Bonchev–Trinajstić information content (AvgIpc) is 2.84. The predicted octanol–water partition coefficient (Wildman–Crippen LogP) is 2.07. The molecule has 2 rings (SSSR count). The first-order valence-corrected chi connectivity index (χ1v) is 7.38. The topological polar surface area (TPSA) is 79.0 Å². The summed E-state index contributed by atoms with van der Waals surface area (Å²) in [6.45, 7) is 7.27. The molecule has 1 atom stereocenters. The molecule has 0 aliphatic heterocycles. The van der Waals surface area contributed by atoms with E-state index in [0.29, 0.717) is 17.2 Å². The van der Waals surface area contributed by atoms with E-state index in [1.165, 1.54) is 23.3 Å². The van der Waals surface area contributed by atoms with E-state index in [2.05, 4.69) is 19.5 Å². The molecule has 2 heterocycles. The van der Waals surface area contributed by atoms with Crippen molar-refractivity contribution in [1.82, 2.24) is 19.7 Å². The molecule has 0 aliphatic carbocycles. The van der Waals surface area contributed by atoms with Crippen molar-refractivity contribution < 1.29 is 8.94 Å². The second kappa shape index (κ2) is 5.90. The standard InChI is InChI=1S/C13H16FN5OS/c1-9(18-21(20)13(2,3)4)11-6-16-12(7-15-11)19-8-10(14)5-17-19/h5-8H,1-4H3/b18-9-/t21-/m1/s1. The Morgan fingerprint density at radius 1 is 1.29 bits per heavy atom. The van der Waals surface area contributed by atoms with Crippen molar-refractivity contribution in [2.75, 3.05) is 0 Å². The molecular formula is C13H16FN5OS. The van der Waals surface area contributed by atoms with Crippen LogP contribution in [0.1, 0.15) is 33.4 Å². The summed E-state index contributed by atoms with van der Waals surface area (Å²) < 4.78 is 29.8. The smallest absolute Gasteiger partial charge is 0.171 e. The molecule has 112 valence electrons. The second-order valence-corrected chi connectivity index (χ2v) is 7.31. The minimum Gasteiger partial charge on any atom is -0.591 e. The molecule has 0 aromatic carbocycles. The zero-order valence-electron chi connectivity index (χ0n) is 12.2. The van der Waals surface area contributed by atoms with Crippen LogP contribution in [0, 0.1) is 5.82 Å². The quantitative estimate of drug-likeness (QED) is 0.642. The van der Waals surface area contributed by atoms with Crippen molar-refractivity contribution in [3.63, 3.8) is 0 Å². The van der Waals surface area contributed by atoms with Gasteiger partial charge in [-0.2, -0.15) is 5.10 Å². The molecule has 0 radical (unpaired) electrons. The molecule has 0 unspecified atom stereocenters. The fourth-order valence-electron chi connectivity index (χ4n) is 1.36. The van der Waals surface area contributed by atoms with Crippen LogP contribution in [0.5, 0.6) is 0 Å². The van der Waals surface area contributed by atoms with Crippen LogP contribution in [0.25, 0.3) is 5.82 Å². The molecule has 6 nitrogen and oxygen atoms in total. The van der Waals surface area contributed by atoms with Gasteiger partial charge >= 0.3 is 0 Å². The largest absolute Gasteiger partial charge is 0.591 e. The van der Waals surface area contributed by atoms with E-state index in [4.69, 9.17) is 0 Å². The molecule has 0 saturated carbocycles. The van der Waals surface area contributed by atoms with Crippen molar-refractivity contribution in [3.05, 3.63) is 36.3 Å². The lowest BCUT2D eigenvalue weighted by Crippen LogP contribution is -2.26. The van der Waals surface area contributed by atoms with Crippen LogP contribution in [0.3, 0.4) is 0 Å². The number of aromatic nitrogens is 4. The van der Waals surface area contributed by atoms with Crippen molar-refractivity contribution >= 4 is 17.1 Å². The Morgan fingerprint density at radius 2 is 2.00 bits per heavy atom. The fourth-order valence-corrected chi connectivity index (χ4v) is 1.98. The zero-order chi connectivity index (χ0) is 15.6. The van der Waals surface area contributed by atoms with Gasteiger partial charge in [-0.15, -0.1) is 0 Å². The third-order valence-electron chi connectivity index (χ3n) is 2.54. The van der Waals surface area contributed by atoms with Gasteiger partial charge in [-0.25, -0.2) is 19.0 Å². The summed E-state index contributed by atoms with van der Waals surface area (Å²) in [7, 11) is 0. The highest BCUT2D eigenvalue weighted by atomic mass is 32.2. The molecule has 8 heteroatoms. The maximum atomic E-state index is 12.9. The molecule has 0 spiro atoms. The minimum atomic E-state index is -1.35. The van der Waals surface area contributed by atoms with Gasteiger partial charge in [0.25, 0.3) is 0 Å². The van der Waals surface area contributed by atoms with Gasteiger partial charge in [0, 0.05) is 0 Å². The molecule has 2 aromatic rings. The summed E-state index contributed by atoms with van der Waals surface area (Å²) in [5, 5.41) is 3.80. The van der Waals surface area contributed by atoms with Crippen molar-refractivity contribution in [2.45, 2.75) is 32.4 Å². The SMILES string of the molecule is C/C(=N/[S@+]([O-])C(C)(C)C)c1cnc(-n2cc(F)cn2)cn1. The molecule has 0 amide bonds. The van der Waals surface area contributed by atoms with Crippen LogP contribution in [0.4, 0.5) is 4.39 Å². The number of hydrogen-bond donors (Lipinski definition) is 0. The highest BCUT2D eigenvalue weighted by Crippen LogP contribution is 2.18. The Morgan fingerprint density at radius 3 is 2.48 bits per heavy atom. The Hall–Kier alpha value is -1.80. The first-order valence-electron chi connectivity index (χ1n) is 6.27. The summed E-state index contributed by atoms with van der Waals surface area (Å²) in [5.74, 6) is -0.0495. The summed E-state index contributed by atoms with van der Waals surface area (Å²) in [4.78, 5) is 8.33. The van der Waals surface area contributed by atoms with Gasteiger partial charge in [0.05, 0.1) is 24.8 Å². The summed E-state index contributed by atoms with van der Waals surface area (Å²) >= 11 is -1.35. The number of hydrogen-bond acceptors (Lipinski definition) is 5. The van der Waals surface area contributed by atoms with E-state index in [-0.39, 0.29) is 0 Å². The average molecular weight is 309 g/mol. The second-order valence-electron chi connectivity index (χ2n) is 5.40. The van der Waals surface area contributed by atoms with Crippen LogP contribution in [0.15, 0.2) is 29.2 Å². The third kappa shape index (κ3) is 3.85. The Labute approximate surface area is 125 Å². The van der Waals surface area contributed by atoms with E-state index in [0.717, 1.165) is 6.20 Å². The maximum Gasteiger partial charge on any atom is 0.171 e. The lowest BCUT2D eigenvalue weighted by Gasteiger charge is -2.18. The normalized spacial score (nSPS) is 14.3. The van der Waals surface area contributed by atoms with Gasteiger partial charge in [-0.3, -0.25) is 0 Å². The van der Waals surface area contributed by atoms with Crippen LogP contribution < -0.4 is 0 Å². The van der Waals surface area contributed by atoms with E-state index in [1.54, 1.807) is 6.92 Å². The monoisotopic (exact) mass is 309 g/mol. The van der Waals surface area contributed by atoms with Gasteiger partial charge in [0.1, 0.15) is 27.5 Å². The van der Waals surface area contributed by atoms with E-state index >= 15 is 0 Å². The van der Waals surface area contributed by atoms with E-state index < -0.39 is 21.9 Å². The van der Waals surface area contributed by atoms with Crippen LogP contribution in [-0.4, -0.2) is 34.8 Å². The van der Waals surface area contributed by atoms with E-state index in [1.807, 2.05) is 20.8 Å². The highest BCUT2D eigenvalue weighted by Gasteiger charge is 2.27. The van der Waals surface area contributed by atoms with Crippen molar-refractivity contribution in [1.29, 1.82) is 0 Å². The lowest BCUT2D eigenvalue weighted by atomic mass is 10.3. The summed E-state index contributed by atoms with van der Waals surface area (Å²) in [6.07, 6.45) is 5.25. The van der Waals surface area contributed by atoms with Crippen molar-refractivity contribution in [3.8, 4) is 5.82 Å². The predicted molar refractivity (Wildman–Crippen MR) is 79.2 cm³/mol. The van der Waals surface area contributed by atoms with Gasteiger partial charge in [-0.1, -0.05) is 4.40 Å². The minimum absolute atomic E-state index is 0.396. The number of nitrogens with zero attached hydrogens (tertiary/aromatic N) is 5. The Bertz CT molecular complexity index is 647. The number of halogens is 1. The highest BCUT2D eigenvalue weighted by molar-refractivity contribution is 7.91. The van der Waals surface area contributed by atoms with Crippen LogP contribution in [0.2, 0.25) is 0 Å². The first-order chi connectivity index (χ1) is 9.77.